The maximum atomic E-state index is 12.9. The molecule has 0 bridgehead atoms. The summed E-state index contributed by atoms with van der Waals surface area (Å²) < 4.78 is 30.2. The molecule has 1 N–H and O–H groups in total. The molecule has 1 aromatic carbocycles. The fourth-order valence-electron chi connectivity index (χ4n) is 3.22. The molecule has 3 rings (SSSR count). The molecule has 0 spiro atoms. The normalized spacial score (nSPS) is 15.4. The number of benzene rings is 1. The van der Waals surface area contributed by atoms with Crippen LogP contribution in [-0.4, -0.2) is 35.7 Å². The van der Waals surface area contributed by atoms with Gasteiger partial charge in [-0.2, -0.15) is 8.78 Å². The Morgan fingerprint density at radius 1 is 1.11 bits per heavy atom. The van der Waals surface area contributed by atoms with Gasteiger partial charge in [0.15, 0.2) is 0 Å². The van der Waals surface area contributed by atoms with E-state index in [-0.39, 0.29) is 17.7 Å². The second kappa shape index (κ2) is 9.90. The number of rotatable bonds is 9. The van der Waals surface area contributed by atoms with Gasteiger partial charge < -0.3 is 9.32 Å². The van der Waals surface area contributed by atoms with Crippen LogP contribution in [0.3, 0.4) is 0 Å². The fraction of sp³-hybridized carbons (Fsp3) is 0.450. The third-order valence-electron chi connectivity index (χ3n) is 4.59. The van der Waals surface area contributed by atoms with Crippen molar-refractivity contribution in [3.8, 4) is 0 Å². The highest BCUT2D eigenvalue weighted by atomic mass is 32.2. The van der Waals surface area contributed by atoms with E-state index < -0.39 is 5.76 Å². The van der Waals surface area contributed by atoms with E-state index in [9.17, 15) is 13.6 Å². The molecule has 1 fully saturated rings. The second-order valence-electron chi connectivity index (χ2n) is 6.60. The number of carbonyl (C=O) groups excluding carboxylic acids is 1. The Kier molecular flexibility index (Phi) is 7.29. The average Bonchev–Trinajstić information content (AvgIpc) is 3.35. The number of likely N-dealkylation sites (tertiary alicyclic amines) is 1. The highest BCUT2D eigenvalue weighted by molar-refractivity contribution is 7.98. The van der Waals surface area contributed by atoms with Crippen molar-refractivity contribution in [2.75, 3.05) is 13.1 Å². The van der Waals surface area contributed by atoms with E-state index in [4.69, 9.17) is 4.42 Å². The van der Waals surface area contributed by atoms with Crippen molar-refractivity contribution in [2.24, 2.45) is 0 Å². The second-order valence-corrected chi connectivity index (χ2v) is 7.57. The Morgan fingerprint density at radius 2 is 1.81 bits per heavy atom. The van der Waals surface area contributed by atoms with Gasteiger partial charge in [-0.15, -0.1) is 0 Å². The Morgan fingerprint density at radius 3 is 2.52 bits per heavy atom. The Balaban J connectivity index is 1.61. The van der Waals surface area contributed by atoms with Crippen LogP contribution in [0, 0.1) is 0 Å². The third kappa shape index (κ3) is 6.07. The predicted molar refractivity (Wildman–Crippen MR) is 103 cm³/mol. The van der Waals surface area contributed by atoms with E-state index in [1.54, 1.807) is 12.1 Å². The molecule has 27 heavy (non-hydrogen) atoms. The molecule has 1 aliphatic heterocycles. The van der Waals surface area contributed by atoms with Crippen LogP contribution in [0.25, 0.3) is 0 Å². The van der Waals surface area contributed by atoms with Crippen LogP contribution < -0.4 is 5.32 Å². The minimum atomic E-state index is -2.41. The number of carbonyl (C=O) groups is 1. The molecule has 0 saturated carbocycles. The quantitative estimate of drug-likeness (QED) is 0.697. The van der Waals surface area contributed by atoms with E-state index in [0.29, 0.717) is 36.2 Å². The molecular formula is C20H24F2N2O2S. The van der Waals surface area contributed by atoms with Gasteiger partial charge in [-0.05, 0) is 37.0 Å². The number of nitrogens with zero attached hydrogens (tertiary/aromatic N) is 1. The largest absolute Gasteiger partial charge is 0.464 e. The molecule has 1 atom stereocenters. The molecule has 7 heteroatoms. The summed E-state index contributed by atoms with van der Waals surface area (Å²) in [5.74, 6) is -1.01. The summed E-state index contributed by atoms with van der Waals surface area (Å²) in [6.07, 6.45) is 2.70. The van der Waals surface area contributed by atoms with Crippen molar-refractivity contribution < 1.29 is 18.0 Å². The van der Waals surface area contributed by atoms with Crippen molar-refractivity contribution >= 4 is 17.7 Å². The van der Waals surface area contributed by atoms with E-state index in [1.165, 1.54) is 0 Å². The van der Waals surface area contributed by atoms with Gasteiger partial charge >= 0.3 is 0 Å². The molecule has 1 saturated heterocycles. The first-order valence-corrected chi connectivity index (χ1v) is 10.2. The Hall–Kier alpha value is -1.86. The first-order chi connectivity index (χ1) is 13.1. The third-order valence-corrected chi connectivity index (χ3v) is 5.29. The van der Waals surface area contributed by atoms with Crippen molar-refractivity contribution in [1.29, 1.82) is 0 Å². The molecule has 2 aromatic rings. The minimum Gasteiger partial charge on any atom is -0.464 e. The van der Waals surface area contributed by atoms with Crippen LogP contribution in [0.1, 0.15) is 29.9 Å². The summed E-state index contributed by atoms with van der Waals surface area (Å²) in [5.41, 5.74) is 1.09. The van der Waals surface area contributed by atoms with Gasteiger partial charge in [0.2, 0.25) is 5.91 Å². The van der Waals surface area contributed by atoms with E-state index in [0.717, 1.165) is 31.5 Å². The maximum absolute atomic E-state index is 12.9. The molecular weight excluding hydrogens is 370 g/mol. The number of hydrogen-bond donors (Lipinski definition) is 1. The Labute approximate surface area is 162 Å². The number of alkyl halides is 2. The summed E-state index contributed by atoms with van der Waals surface area (Å²) in [7, 11) is 0. The zero-order valence-electron chi connectivity index (χ0n) is 15.1. The van der Waals surface area contributed by atoms with E-state index in [1.807, 2.05) is 35.2 Å². The first-order valence-electron chi connectivity index (χ1n) is 9.15. The monoisotopic (exact) mass is 394 g/mol. The van der Waals surface area contributed by atoms with Crippen LogP contribution in [0.2, 0.25) is 0 Å². The molecule has 1 amide bonds. The van der Waals surface area contributed by atoms with Gasteiger partial charge in [0.25, 0.3) is 5.76 Å². The van der Waals surface area contributed by atoms with Gasteiger partial charge in [-0.1, -0.05) is 42.1 Å². The zero-order chi connectivity index (χ0) is 19.1. The van der Waals surface area contributed by atoms with Crippen molar-refractivity contribution in [1.82, 2.24) is 10.2 Å². The summed E-state index contributed by atoms with van der Waals surface area (Å²) in [5, 5.41) is 3.30. The Bertz CT molecular complexity index is 718. The SMILES string of the molecule is O=C(C(Cc1ccccc1)NCc1ccc(CSC(F)F)o1)N1CCCC1. The van der Waals surface area contributed by atoms with Gasteiger partial charge in [-0.3, -0.25) is 10.1 Å². The molecule has 0 radical (unpaired) electrons. The van der Waals surface area contributed by atoms with Crippen LogP contribution in [0.5, 0.6) is 0 Å². The highest BCUT2D eigenvalue weighted by Crippen LogP contribution is 2.21. The molecule has 1 aromatic heterocycles. The molecule has 2 heterocycles. The molecule has 1 unspecified atom stereocenters. The molecule has 1 aliphatic rings. The van der Waals surface area contributed by atoms with Crippen LogP contribution in [-0.2, 0) is 23.5 Å². The average molecular weight is 394 g/mol. The highest BCUT2D eigenvalue weighted by Gasteiger charge is 2.26. The maximum Gasteiger partial charge on any atom is 0.284 e. The van der Waals surface area contributed by atoms with Gasteiger partial charge in [-0.25, -0.2) is 0 Å². The van der Waals surface area contributed by atoms with Gasteiger partial charge in [0.1, 0.15) is 11.5 Å². The summed E-state index contributed by atoms with van der Waals surface area (Å²) >= 11 is 0.537. The lowest BCUT2D eigenvalue weighted by atomic mass is 10.0. The lowest BCUT2D eigenvalue weighted by molar-refractivity contribution is -0.132. The van der Waals surface area contributed by atoms with Crippen LogP contribution >= 0.6 is 11.8 Å². The summed E-state index contributed by atoms with van der Waals surface area (Å²) in [6, 6.07) is 13.1. The lowest BCUT2D eigenvalue weighted by Gasteiger charge is -2.24. The van der Waals surface area contributed by atoms with Crippen molar-refractivity contribution in [3.05, 3.63) is 59.5 Å². The van der Waals surface area contributed by atoms with Gasteiger partial charge in [0, 0.05) is 13.1 Å². The number of thioether (sulfide) groups is 1. The molecule has 0 aliphatic carbocycles. The standard InChI is InChI=1S/C20H24F2N2O2S/c21-20(22)27-14-17-9-8-16(26-17)13-23-18(12-15-6-2-1-3-7-15)19(25)24-10-4-5-11-24/h1-3,6-9,18,20,23H,4-5,10-14H2. The zero-order valence-corrected chi connectivity index (χ0v) is 15.9. The fourth-order valence-corrected chi connectivity index (χ4v) is 3.66. The number of halogens is 2. The van der Waals surface area contributed by atoms with Crippen molar-refractivity contribution in [2.45, 2.75) is 43.4 Å². The minimum absolute atomic E-state index is 0.108. The van der Waals surface area contributed by atoms with Crippen LogP contribution in [0.4, 0.5) is 8.78 Å². The molecule has 4 nitrogen and oxygen atoms in total. The first kappa shape index (κ1) is 19.9. The predicted octanol–water partition coefficient (Wildman–Crippen LogP) is 4.06. The molecule has 146 valence electrons. The van der Waals surface area contributed by atoms with E-state index >= 15 is 0 Å². The number of furan rings is 1. The number of nitrogens with one attached hydrogen (secondary N) is 1. The topological polar surface area (TPSA) is 45.5 Å². The van der Waals surface area contributed by atoms with Crippen molar-refractivity contribution in [3.63, 3.8) is 0 Å². The van der Waals surface area contributed by atoms with Crippen LogP contribution in [0.15, 0.2) is 46.9 Å². The summed E-state index contributed by atoms with van der Waals surface area (Å²) in [4.78, 5) is 14.8. The van der Waals surface area contributed by atoms with Gasteiger partial charge in [0.05, 0.1) is 18.3 Å². The van der Waals surface area contributed by atoms with E-state index in [2.05, 4.69) is 5.32 Å². The number of hydrogen-bond acceptors (Lipinski definition) is 4. The lowest BCUT2D eigenvalue weighted by Crippen LogP contribution is -2.46. The number of amides is 1. The smallest absolute Gasteiger partial charge is 0.284 e. The summed E-state index contributed by atoms with van der Waals surface area (Å²) in [6.45, 7) is 2.00.